The molecule has 0 saturated heterocycles. The van der Waals surface area contributed by atoms with Crippen molar-refractivity contribution >= 4 is 0 Å². The average Bonchev–Trinajstić information content (AvgIpc) is 1.97. The van der Waals surface area contributed by atoms with Crippen molar-refractivity contribution in [3.63, 3.8) is 0 Å². The third kappa shape index (κ3) is 7.48. The fraction of sp³-hybridized carbons (Fsp3) is 0.600. The van der Waals surface area contributed by atoms with Crippen LogP contribution in [0, 0.1) is 6.58 Å². The van der Waals surface area contributed by atoms with Gasteiger partial charge in [-0.05, 0) is 19.3 Å². The molecule has 0 atom stereocenters. The summed E-state index contributed by atoms with van der Waals surface area (Å²) >= 11 is 0. The Morgan fingerprint density at radius 3 is 2.40 bits per heavy atom. The van der Waals surface area contributed by atoms with E-state index < -0.39 is 0 Å². The smallest absolute Gasteiger partial charge is 0.0313 e. The number of unbranched alkanes of at least 4 members (excludes halogenated alkanes) is 3. The van der Waals surface area contributed by atoms with Crippen LogP contribution in [0.4, 0.5) is 0 Å². The van der Waals surface area contributed by atoms with Crippen molar-refractivity contribution in [2.75, 3.05) is 0 Å². The third-order valence-electron chi connectivity index (χ3n) is 1.39. The van der Waals surface area contributed by atoms with Crippen LogP contribution in [0.2, 0.25) is 0 Å². The Kier molecular flexibility index (Phi) is 8.04. The van der Waals surface area contributed by atoms with E-state index in [0.717, 1.165) is 12.8 Å². The second kappa shape index (κ2) is 8.48. The highest BCUT2D eigenvalue weighted by Crippen LogP contribution is 1.97. The lowest BCUT2D eigenvalue weighted by Crippen LogP contribution is -1.67. The van der Waals surface area contributed by atoms with Gasteiger partial charge in [-0.25, -0.2) is 0 Å². The van der Waals surface area contributed by atoms with Gasteiger partial charge in [-0.2, -0.15) is 0 Å². The zero-order valence-electron chi connectivity index (χ0n) is 6.84. The van der Waals surface area contributed by atoms with Gasteiger partial charge in [-0.15, -0.1) is 0 Å². The lowest BCUT2D eigenvalue weighted by atomic mass is 10.2. The first-order valence-corrected chi connectivity index (χ1v) is 4.10. The molecule has 0 unspecified atom stereocenters. The molecule has 0 aliphatic carbocycles. The van der Waals surface area contributed by atoms with E-state index >= 15 is 0 Å². The highest BCUT2D eigenvalue weighted by molar-refractivity contribution is 4.83. The van der Waals surface area contributed by atoms with E-state index in [0.29, 0.717) is 0 Å². The Morgan fingerprint density at radius 2 is 1.80 bits per heavy atom. The summed E-state index contributed by atoms with van der Waals surface area (Å²) in [5.41, 5.74) is 0. The molecular formula is C10H17. The SMILES string of the molecule is [CH]=CCC/C=C/CCCC. The molecule has 0 aromatic rings. The van der Waals surface area contributed by atoms with Crippen molar-refractivity contribution in [2.24, 2.45) is 0 Å². The van der Waals surface area contributed by atoms with Crippen molar-refractivity contribution in [2.45, 2.75) is 39.0 Å². The molecule has 0 saturated carbocycles. The highest BCUT2D eigenvalue weighted by atomic mass is 13.8. The molecule has 0 aromatic heterocycles. The first-order chi connectivity index (χ1) is 4.91. The fourth-order valence-corrected chi connectivity index (χ4v) is 0.750. The zero-order chi connectivity index (χ0) is 7.66. The molecule has 57 valence electrons. The third-order valence-corrected chi connectivity index (χ3v) is 1.39. The zero-order valence-corrected chi connectivity index (χ0v) is 6.84. The summed E-state index contributed by atoms with van der Waals surface area (Å²) in [5.74, 6) is 0. The molecule has 0 spiro atoms. The van der Waals surface area contributed by atoms with Gasteiger partial charge in [-0.3, -0.25) is 0 Å². The van der Waals surface area contributed by atoms with Crippen molar-refractivity contribution in [3.8, 4) is 0 Å². The van der Waals surface area contributed by atoms with Crippen LogP contribution >= 0.6 is 0 Å². The van der Waals surface area contributed by atoms with Crippen LogP contribution in [0.25, 0.3) is 0 Å². The standard InChI is InChI=1S/C10H17/c1-3-5-7-9-10-8-6-4-2/h1,3,9-10H,4-8H2,2H3/b3-1?,10-9+. The van der Waals surface area contributed by atoms with Crippen LogP contribution in [0.15, 0.2) is 18.2 Å². The fourth-order valence-electron chi connectivity index (χ4n) is 0.750. The molecule has 0 nitrogen and oxygen atoms in total. The molecule has 0 heterocycles. The summed E-state index contributed by atoms with van der Waals surface area (Å²) in [4.78, 5) is 0. The first kappa shape index (κ1) is 9.48. The normalized spacial score (nSPS) is 10.5. The summed E-state index contributed by atoms with van der Waals surface area (Å²) in [5, 5.41) is 0. The average molecular weight is 137 g/mol. The van der Waals surface area contributed by atoms with Crippen molar-refractivity contribution < 1.29 is 0 Å². The Balaban J connectivity index is 2.96. The minimum atomic E-state index is 1.00. The van der Waals surface area contributed by atoms with E-state index in [9.17, 15) is 0 Å². The summed E-state index contributed by atoms with van der Waals surface area (Å²) in [6.07, 6.45) is 12.1. The summed E-state index contributed by atoms with van der Waals surface area (Å²) in [7, 11) is 0. The minimum Gasteiger partial charge on any atom is -0.0885 e. The number of hydrogen-bond donors (Lipinski definition) is 0. The van der Waals surface area contributed by atoms with E-state index in [-0.39, 0.29) is 0 Å². The van der Waals surface area contributed by atoms with Gasteiger partial charge in [0.25, 0.3) is 0 Å². The second-order valence-corrected chi connectivity index (χ2v) is 2.43. The summed E-state index contributed by atoms with van der Waals surface area (Å²) in [6.45, 7) is 7.42. The van der Waals surface area contributed by atoms with Gasteiger partial charge in [0.15, 0.2) is 0 Å². The van der Waals surface area contributed by atoms with E-state index in [1.807, 2.05) is 0 Å². The van der Waals surface area contributed by atoms with Crippen LogP contribution < -0.4 is 0 Å². The van der Waals surface area contributed by atoms with Crippen LogP contribution in [-0.2, 0) is 0 Å². The molecule has 1 radical (unpaired) electrons. The molecule has 0 bridgehead atoms. The first-order valence-electron chi connectivity index (χ1n) is 4.10. The van der Waals surface area contributed by atoms with Crippen molar-refractivity contribution in [1.29, 1.82) is 0 Å². The maximum atomic E-state index is 5.21. The second-order valence-electron chi connectivity index (χ2n) is 2.43. The number of hydrogen-bond acceptors (Lipinski definition) is 0. The molecule has 10 heavy (non-hydrogen) atoms. The predicted octanol–water partition coefficient (Wildman–Crippen LogP) is 3.50. The lowest BCUT2D eigenvalue weighted by Gasteiger charge is -1.87. The number of rotatable bonds is 6. The van der Waals surface area contributed by atoms with Crippen LogP contribution in [0.3, 0.4) is 0 Å². The Labute approximate surface area is 64.6 Å². The van der Waals surface area contributed by atoms with Gasteiger partial charge in [0.1, 0.15) is 0 Å². The van der Waals surface area contributed by atoms with Gasteiger partial charge in [0.05, 0.1) is 0 Å². The maximum Gasteiger partial charge on any atom is -0.0313 e. The molecule has 0 rings (SSSR count). The summed E-state index contributed by atoms with van der Waals surface area (Å²) in [6, 6.07) is 0. The molecule has 0 aromatic carbocycles. The maximum absolute atomic E-state index is 5.21. The molecule has 0 fully saturated rings. The van der Waals surface area contributed by atoms with E-state index in [2.05, 4.69) is 19.1 Å². The largest absolute Gasteiger partial charge is 0.0885 e. The van der Waals surface area contributed by atoms with Crippen LogP contribution in [0.5, 0.6) is 0 Å². The quantitative estimate of drug-likeness (QED) is 0.388. The van der Waals surface area contributed by atoms with Gasteiger partial charge in [0.2, 0.25) is 0 Å². The van der Waals surface area contributed by atoms with Crippen LogP contribution in [-0.4, -0.2) is 0 Å². The molecule has 0 aliphatic heterocycles. The summed E-state index contributed by atoms with van der Waals surface area (Å²) < 4.78 is 0. The lowest BCUT2D eigenvalue weighted by molar-refractivity contribution is 0.811. The minimum absolute atomic E-state index is 1.00. The van der Waals surface area contributed by atoms with Crippen molar-refractivity contribution in [3.05, 3.63) is 24.8 Å². The predicted molar refractivity (Wildman–Crippen MR) is 46.8 cm³/mol. The molecular weight excluding hydrogens is 120 g/mol. The van der Waals surface area contributed by atoms with Gasteiger partial charge < -0.3 is 0 Å². The van der Waals surface area contributed by atoms with E-state index in [1.165, 1.54) is 19.3 Å². The number of allylic oxidation sites excluding steroid dienone is 3. The van der Waals surface area contributed by atoms with E-state index in [1.54, 1.807) is 6.08 Å². The van der Waals surface area contributed by atoms with E-state index in [4.69, 9.17) is 6.58 Å². The van der Waals surface area contributed by atoms with Gasteiger partial charge in [0, 0.05) is 0 Å². The Hall–Kier alpha value is -0.520. The monoisotopic (exact) mass is 137 g/mol. The Bertz CT molecular complexity index is 90.2. The highest BCUT2D eigenvalue weighted by Gasteiger charge is 1.77. The molecule has 0 N–H and O–H groups in total. The molecule has 0 amide bonds. The topological polar surface area (TPSA) is 0 Å². The van der Waals surface area contributed by atoms with Crippen LogP contribution in [0.1, 0.15) is 39.0 Å². The van der Waals surface area contributed by atoms with Gasteiger partial charge >= 0.3 is 0 Å². The Morgan fingerprint density at radius 1 is 1.10 bits per heavy atom. The molecule has 0 aliphatic rings. The molecule has 0 heteroatoms. The van der Waals surface area contributed by atoms with Gasteiger partial charge in [-0.1, -0.05) is 44.6 Å². The van der Waals surface area contributed by atoms with Crippen molar-refractivity contribution in [1.82, 2.24) is 0 Å².